The van der Waals surface area contributed by atoms with E-state index in [1.807, 2.05) is 0 Å². The molecule has 1 rings (SSSR count). The minimum absolute atomic E-state index is 0.304. The van der Waals surface area contributed by atoms with Crippen molar-refractivity contribution in [1.29, 1.82) is 0 Å². The van der Waals surface area contributed by atoms with E-state index in [-0.39, 0.29) is 0 Å². The van der Waals surface area contributed by atoms with Crippen LogP contribution in [-0.2, 0) is 10.9 Å². The summed E-state index contributed by atoms with van der Waals surface area (Å²) in [5, 5.41) is 0. The lowest BCUT2D eigenvalue weighted by Gasteiger charge is -2.13. The maximum atomic E-state index is 12.5. The Kier molecular flexibility index (Phi) is 3.64. The second-order valence-corrected chi connectivity index (χ2v) is 2.94. The van der Waals surface area contributed by atoms with Gasteiger partial charge in [0.05, 0.1) is 23.8 Å². The standard InChI is InChI=1S/C9H6F5NO2/c1-17-8(16)6-4(7(10)11)2-15-3-5(6)9(12,13)14/h2-3,7H,1H3. The van der Waals surface area contributed by atoms with Gasteiger partial charge in [0.25, 0.3) is 6.43 Å². The molecule has 1 heterocycles. The number of methoxy groups -OCH3 is 1. The van der Waals surface area contributed by atoms with Gasteiger partial charge in [0.2, 0.25) is 0 Å². The Labute approximate surface area is 92.2 Å². The maximum Gasteiger partial charge on any atom is 0.418 e. The average Bonchev–Trinajstić information content (AvgIpc) is 2.25. The lowest BCUT2D eigenvalue weighted by molar-refractivity contribution is -0.138. The highest BCUT2D eigenvalue weighted by Crippen LogP contribution is 2.35. The van der Waals surface area contributed by atoms with Gasteiger partial charge in [-0.2, -0.15) is 13.2 Å². The van der Waals surface area contributed by atoms with Crippen molar-refractivity contribution in [2.75, 3.05) is 7.11 Å². The van der Waals surface area contributed by atoms with Crippen molar-refractivity contribution in [3.63, 3.8) is 0 Å². The molecule has 8 heteroatoms. The molecule has 0 amide bonds. The van der Waals surface area contributed by atoms with Crippen molar-refractivity contribution in [1.82, 2.24) is 4.98 Å². The molecule has 0 unspecified atom stereocenters. The molecule has 0 saturated heterocycles. The van der Waals surface area contributed by atoms with Crippen LogP contribution in [0.15, 0.2) is 12.4 Å². The zero-order chi connectivity index (χ0) is 13.2. The van der Waals surface area contributed by atoms with Gasteiger partial charge in [0.15, 0.2) is 0 Å². The van der Waals surface area contributed by atoms with Gasteiger partial charge in [-0.15, -0.1) is 0 Å². The third-order valence-corrected chi connectivity index (χ3v) is 1.91. The van der Waals surface area contributed by atoms with Crippen molar-refractivity contribution in [2.45, 2.75) is 12.6 Å². The van der Waals surface area contributed by atoms with Gasteiger partial charge >= 0.3 is 12.1 Å². The average molecular weight is 255 g/mol. The first-order chi connectivity index (χ1) is 7.79. The fourth-order valence-electron chi connectivity index (χ4n) is 1.19. The summed E-state index contributed by atoms with van der Waals surface area (Å²) in [4.78, 5) is 14.2. The molecule has 0 aliphatic heterocycles. The maximum absolute atomic E-state index is 12.5. The van der Waals surface area contributed by atoms with Crippen molar-refractivity contribution < 1.29 is 31.5 Å². The predicted octanol–water partition coefficient (Wildman–Crippen LogP) is 2.82. The van der Waals surface area contributed by atoms with E-state index >= 15 is 0 Å². The first-order valence-electron chi connectivity index (χ1n) is 4.20. The largest absolute Gasteiger partial charge is 0.465 e. The first-order valence-corrected chi connectivity index (χ1v) is 4.20. The third kappa shape index (κ3) is 2.69. The molecule has 0 saturated carbocycles. The lowest BCUT2D eigenvalue weighted by atomic mass is 10.0. The van der Waals surface area contributed by atoms with Gasteiger partial charge in [-0.3, -0.25) is 4.98 Å². The zero-order valence-corrected chi connectivity index (χ0v) is 8.39. The Balaban J connectivity index is 3.51. The van der Waals surface area contributed by atoms with Crippen LogP contribution >= 0.6 is 0 Å². The van der Waals surface area contributed by atoms with Gasteiger partial charge in [0, 0.05) is 12.4 Å². The van der Waals surface area contributed by atoms with Crippen molar-refractivity contribution >= 4 is 5.97 Å². The first kappa shape index (κ1) is 13.3. The van der Waals surface area contributed by atoms with Gasteiger partial charge < -0.3 is 4.74 Å². The summed E-state index contributed by atoms with van der Waals surface area (Å²) in [7, 11) is 0.804. The summed E-state index contributed by atoms with van der Waals surface area (Å²) < 4.78 is 66.5. The SMILES string of the molecule is COC(=O)c1c(C(F)F)cncc1C(F)(F)F. The number of hydrogen-bond donors (Lipinski definition) is 0. The topological polar surface area (TPSA) is 39.2 Å². The molecule has 94 valence electrons. The smallest absolute Gasteiger partial charge is 0.418 e. The van der Waals surface area contributed by atoms with E-state index in [0.29, 0.717) is 12.4 Å². The van der Waals surface area contributed by atoms with E-state index in [2.05, 4.69) is 9.72 Å². The Morgan fingerprint density at radius 3 is 2.35 bits per heavy atom. The number of halogens is 5. The number of carbonyl (C=O) groups is 1. The second-order valence-electron chi connectivity index (χ2n) is 2.94. The Hall–Kier alpha value is -1.73. The molecule has 0 N–H and O–H groups in total. The molecular formula is C9H6F5NO2. The normalized spacial score (nSPS) is 11.7. The fourth-order valence-corrected chi connectivity index (χ4v) is 1.19. The fraction of sp³-hybridized carbons (Fsp3) is 0.333. The molecule has 0 aliphatic carbocycles. The predicted molar refractivity (Wildman–Crippen MR) is 45.5 cm³/mol. The quantitative estimate of drug-likeness (QED) is 0.602. The molecule has 0 fully saturated rings. The molecule has 0 radical (unpaired) electrons. The number of ether oxygens (including phenoxy) is 1. The van der Waals surface area contributed by atoms with Crippen LogP contribution in [0.1, 0.15) is 27.9 Å². The second kappa shape index (κ2) is 4.64. The summed E-state index contributed by atoms with van der Waals surface area (Å²) in [6.45, 7) is 0. The number of nitrogens with zero attached hydrogens (tertiary/aromatic N) is 1. The Bertz CT molecular complexity index is 430. The highest BCUT2D eigenvalue weighted by atomic mass is 19.4. The lowest BCUT2D eigenvalue weighted by Crippen LogP contribution is -2.17. The summed E-state index contributed by atoms with van der Waals surface area (Å²) in [6, 6.07) is 0. The molecule has 1 aromatic heterocycles. The van der Waals surface area contributed by atoms with Crippen LogP contribution in [0.4, 0.5) is 22.0 Å². The molecule has 0 aliphatic rings. The van der Waals surface area contributed by atoms with Crippen LogP contribution in [0.2, 0.25) is 0 Å². The van der Waals surface area contributed by atoms with Crippen LogP contribution in [0.3, 0.4) is 0 Å². The van der Waals surface area contributed by atoms with Crippen molar-refractivity contribution in [2.24, 2.45) is 0 Å². The molecule has 17 heavy (non-hydrogen) atoms. The van der Waals surface area contributed by atoms with Crippen molar-refractivity contribution in [3.8, 4) is 0 Å². The van der Waals surface area contributed by atoms with E-state index < -0.39 is 35.3 Å². The summed E-state index contributed by atoms with van der Waals surface area (Å²) in [5.74, 6) is -1.48. The number of rotatable bonds is 2. The van der Waals surface area contributed by atoms with Crippen LogP contribution in [-0.4, -0.2) is 18.1 Å². The van der Waals surface area contributed by atoms with Crippen molar-refractivity contribution in [3.05, 3.63) is 29.1 Å². The minimum Gasteiger partial charge on any atom is -0.465 e. The van der Waals surface area contributed by atoms with Crippen LogP contribution < -0.4 is 0 Å². The Morgan fingerprint density at radius 1 is 1.35 bits per heavy atom. The minimum atomic E-state index is -4.96. The monoisotopic (exact) mass is 255 g/mol. The van der Waals surface area contributed by atoms with E-state index in [0.717, 1.165) is 7.11 Å². The number of aromatic nitrogens is 1. The molecule has 1 aromatic rings. The number of carbonyl (C=O) groups excluding carboxylic acids is 1. The summed E-state index contributed by atoms with van der Waals surface area (Å²) in [6.07, 6.45) is -7.40. The van der Waals surface area contributed by atoms with E-state index in [1.54, 1.807) is 0 Å². The highest BCUT2D eigenvalue weighted by molar-refractivity contribution is 5.92. The Morgan fingerprint density at radius 2 is 1.94 bits per heavy atom. The van der Waals surface area contributed by atoms with E-state index in [9.17, 15) is 26.7 Å². The van der Waals surface area contributed by atoms with Crippen LogP contribution in [0.5, 0.6) is 0 Å². The van der Waals surface area contributed by atoms with Gasteiger partial charge in [-0.1, -0.05) is 0 Å². The zero-order valence-electron chi connectivity index (χ0n) is 8.39. The third-order valence-electron chi connectivity index (χ3n) is 1.91. The summed E-state index contributed by atoms with van der Waals surface area (Å²) >= 11 is 0. The number of pyridine rings is 1. The molecule has 0 aromatic carbocycles. The van der Waals surface area contributed by atoms with E-state index in [1.165, 1.54) is 0 Å². The van der Waals surface area contributed by atoms with Crippen LogP contribution in [0, 0.1) is 0 Å². The molecule has 0 spiro atoms. The molecular weight excluding hydrogens is 249 g/mol. The number of esters is 1. The molecule has 3 nitrogen and oxygen atoms in total. The molecule has 0 atom stereocenters. The van der Waals surface area contributed by atoms with Gasteiger partial charge in [0.1, 0.15) is 0 Å². The van der Waals surface area contributed by atoms with Gasteiger partial charge in [-0.05, 0) is 0 Å². The number of hydrogen-bond acceptors (Lipinski definition) is 3. The van der Waals surface area contributed by atoms with E-state index in [4.69, 9.17) is 0 Å². The summed E-state index contributed by atoms with van der Waals surface area (Å²) in [5.41, 5.74) is -3.85. The number of alkyl halides is 5. The van der Waals surface area contributed by atoms with Gasteiger partial charge in [-0.25, -0.2) is 13.6 Å². The van der Waals surface area contributed by atoms with Crippen LogP contribution in [0.25, 0.3) is 0 Å². The highest BCUT2D eigenvalue weighted by Gasteiger charge is 2.38. The molecule has 0 bridgehead atoms.